The molecule has 1 aromatic heterocycles. The number of likely N-dealkylation sites (N-methyl/N-ethyl adjacent to an activating group) is 1. The zero-order chi connectivity index (χ0) is 19.0. The highest BCUT2D eigenvalue weighted by atomic mass is 35.5. The lowest BCUT2D eigenvalue weighted by Crippen LogP contribution is -2.48. The Kier molecular flexibility index (Phi) is 4.96. The Morgan fingerprint density at radius 1 is 1.15 bits per heavy atom. The van der Waals surface area contributed by atoms with Crippen LogP contribution in [-0.4, -0.2) is 45.8 Å². The van der Waals surface area contributed by atoms with Crippen molar-refractivity contribution in [2.24, 2.45) is 5.92 Å². The first-order valence-electron chi connectivity index (χ1n) is 9.58. The van der Waals surface area contributed by atoms with Gasteiger partial charge in [0.25, 0.3) is 0 Å². The quantitative estimate of drug-likeness (QED) is 0.792. The Labute approximate surface area is 164 Å². The van der Waals surface area contributed by atoms with E-state index in [1.165, 1.54) is 0 Å². The highest BCUT2D eigenvalue weighted by Crippen LogP contribution is 2.36. The molecule has 1 aromatic carbocycles. The summed E-state index contributed by atoms with van der Waals surface area (Å²) in [5.41, 5.74) is 1.98. The lowest BCUT2D eigenvalue weighted by atomic mass is 9.99. The third-order valence-electron chi connectivity index (χ3n) is 5.50. The van der Waals surface area contributed by atoms with Crippen LogP contribution in [0, 0.1) is 5.92 Å². The van der Waals surface area contributed by atoms with E-state index in [2.05, 4.69) is 4.57 Å². The van der Waals surface area contributed by atoms with Crippen LogP contribution in [0.3, 0.4) is 0 Å². The van der Waals surface area contributed by atoms with E-state index in [1.54, 1.807) is 4.90 Å². The van der Waals surface area contributed by atoms with Crippen molar-refractivity contribution in [1.82, 2.24) is 14.4 Å². The summed E-state index contributed by atoms with van der Waals surface area (Å²) < 4.78 is 2.17. The molecule has 5 nitrogen and oxygen atoms in total. The number of amides is 2. The number of hydrogen-bond donors (Lipinski definition) is 0. The topological polar surface area (TPSA) is 45.6 Å². The Morgan fingerprint density at radius 3 is 2.63 bits per heavy atom. The van der Waals surface area contributed by atoms with E-state index in [0.717, 1.165) is 30.6 Å². The first-order valence-corrected chi connectivity index (χ1v) is 9.95. The molecule has 0 bridgehead atoms. The average Bonchev–Trinajstić information content (AvgIpc) is 3.42. The molecule has 4 rings (SSSR count). The summed E-state index contributed by atoms with van der Waals surface area (Å²) in [6.45, 7) is 3.97. The van der Waals surface area contributed by atoms with Crippen molar-refractivity contribution in [1.29, 1.82) is 0 Å². The molecule has 0 saturated heterocycles. The molecule has 0 radical (unpaired) electrons. The SMILES string of the molecule is CCN(CC(=O)N1CCn2cccc2[C@@H]1c1ccccc1Cl)C(=O)C1CC1. The number of nitrogens with zero attached hydrogens (tertiary/aromatic N) is 3. The van der Waals surface area contributed by atoms with E-state index in [0.29, 0.717) is 18.1 Å². The van der Waals surface area contributed by atoms with Crippen molar-refractivity contribution >= 4 is 23.4 Å². The highest BCUT2D eigenvalue weighted by Gasteiger charge is 2.37. The van der Waals surface area contributed by atoms with Crippen LogP contribution >= 0.6 is 11.6 Å². The maximum atomic E-state index is 13.2. The summed E-state index contributed by atoms with van der Waals surface area (Å²) in [6.07, 6.45) is 3.93. The molecule has 2 aromatic rings. The second-order valence-corrected chi connectivity index (χ2v) is 7.67. The van der Waals surface area contributed by atoms with Crippen LogP contribution in [0.4, 0.5) is 0 Å². The van der Waals surface area contributed by atoms with Gasteiger partial charge in [0.2, 0.25) is 11.8 Å². The van der Waals surface area contributed by atoms with Gasteiger partial charge in [0.15, 0.2) is 0 Å². The number of halogens is 1. The summed E-state index contributed by atoms with van der Waals surface area (Å²) in [7, 11) is 0. The molecule has 27 heavy (non-hydrogen) atoms. The zero-order valence-electron chi connectivity index (χ0n) is 15.5. The van der Waals surface area contributed by atoms with Crippen LogP contribution in [0.5, 0.6) is 0 Å². The van der Waals surface area contributed by atoms with Gasteiger partial charge in [-0.05, 0) is 43.5 Å². The molecule has 6 heteroatoms. The molecule has 2 heterocycles. The fraction of sp³-hybridized carbons (Fsp3) is 0.429. The minimum Gasteiger partial charge on any atom is -0.348 e. The number of rotatable bonds is 5. The Hall–Kier alpha value is -2.27. The van der Waals surface area contributed by atoms with Gasteiger partial charge in [-0.2, -0.15) is 0 Å². The maximum absolute atomic E-state index is 13.2. The van der Waals surface area contributed by atoms with E-state index >= 15 is 0 Å². The predicted octanol–water partition coefficient (Wildman–Crippen LogP) is 3.33. The van der Waals surface area contributed by atoms with Gasteiger partial charge in [-0.1, -0.05) is 29.8 Å². The van der Waals surface area contributed by atoms with E-state index in [9.17, 15) is 9.59 Å². The van der Waals surface area contributed by atoms with Crippen LogP contribution in [0.15, 0.2) is 42.6 Å². The average molecular weight is 386 g/mol. The third kappa shape index (κ3) is 3.48. The highest BCUT2D eigenvalue weighted by molar-refractivity contribution is 6.31. The van der Waals surface area contributed by atoms with Crippen LogP contribution in [0.2, 0.25) is 5.02 Å². The van der Waals surface area contributed by atoms with E-state index in [-0.39, 0.29) is 30.3 Å². The van der Waals surface area contributed by atoms with Crippen molar-refractivity contribution in [3.05, 3.63) is 58.9 Å². The number of hydrogen-bond acceptors (Lipinski definition) is 2. The molecule has 1 fully saturated rings. The number of benzene rings is 1. The summed E-state index contributed by atoms with van der Waals surface area (Å²) in [6, 6.07) is 11.5. The lowest BCUT2D eigenvalue weighted by molar-refractivity contribution is -0.142. The summed E-state index contributed by atoms with van der Waals surface area (Å²) >= 11 is 6.48. The van der Waals surface area contributed by atoms with Gasteiger partial charge in [-0.15, -0.1) is 0 Å². The second-order valence-electron chi connectivity index (χ2n) is 7.26. The summed E-state index contributed by atoms with van der Waals surface area (Å²) in [4.78, 5) is 29.2. The van der Waals surface area contributed by atoms with Crippen molar-refractivity contribution < 1.29 is 9.59 Å². The Morgan fingerprint density at radius 2 is 1.93 bits per heavy atom. The smallest absolute Gasteiger partial charge is 0.243 e. The van der Waals surface area contributed by atoms with Gasteiger partial charge in [-0.25, -0.2) is 0 Å². The second kappa shape index (κ2) is 7.39. The number of carbonyl (C=O) groups excluding carboxylic acids is 2. The molecule has 0 spiro atoms. The van der Waals surface area contributed by atoms with Gasteiger partial charge in [0.05, 0.1) is 12.6 Å². The first-order chi connectivity index (χ1) is 13.1. The third-order valence-corrected chi connectivity index (χ3v) is 5.85. The fourth-order valence-corrected chi connectivity index (χ4v) is 4.10. The van der Waals surface area contributed by atoms with Crippen LogP contribution in [0.25, 0.3) is 0 Å². The largest absolute Gasteiger partial charge is 0.348 e. The molecule has 2 amide bonds. The number of carbonyl (C=O) groups is 2. The maximum Gasteiger partial charge on any atom is 0.243 e. The van der Waals surface area contributed by atoms with E-state index in [1.807, 2.05) is 54.4 Å². The van der Waals surface area contributed by atoms with Gasteiger partial charge < -0.3 is 14.4 Å². The molecular formula is C21H24ClN3O2. The molecule has 1 saturated carbocycles. The van der Waals surface area contributed by atoms with Gasteiger partial charge in [-0.3, -0.25) is 9.59 Å². The minimum atomic E-state index is -0.232. The molecule has 0 N–H and O–H groups in total. The zero-order valence-corrected chi connectivity index (χ0v) is 16.2. The molecular weight excluding hydrogens is 362 g/mol. The molecule has 1 aliphatic heterocycles. The van der Waals surface area contributed by atoms with Gasteiger partial charge in [0, 0.05) is 42.5 Å². The summed E-state index contributed by atoms with van der Waals surface area (Å²) in [5.74, 6) is 0.208. The van der Waals surface area contributed by atoms with E-state index < -0.39 is 0 Å². The van der Waals surface area contributed by atoms with Crippen molar-refractivity contribution in [3.63, 3.8) is 0 Å². The Balaban J connectivity index is 1.63. The van der Waals surface area contributed by atoms with Crippen molar-refractivity contribution in [3.8, 4) is 0 Å². The number of aromatic nitrogens is 1. The fourth-order valence-electron chi connectivity index (χ4n) is 3.86. The Bertz CT molecular complexity index is 859. The summed E-state index contributed by atoms with van der Waals surface area (Å²) in [5, 5.41) is 0.649. The van der Waals surface area contributed by atoms with Crippen molar-refractivity contribution in [2.45, 2.75) is 32.4 Å². The monoisotopic (exact) mass is 385 g/mol. The van der Waals surface area contributed by atoms with Gasteiger partial charge in [0.1, 0.15) is 0 Å². The molecule has 0 unspecified atom stereocenters. The lowest BCUT2D eigenvalue weighted by Gasteiger charge is -2.38. The normalized spacial score (nSPS) is 18.9. The van der Waals surface area contributed by atoms with Crippen LogP contribution < -0.4 is 0 Å². The van der Waals surface area contributed by atoms with Crippen LogP contribution in [0.1, 0.15) is 37.1 Å². The van der Waals surface area contributed by atoms with E-state index in [4.69, 9.17) is 11.6 Å². The predicted molar refractivity (Wildman–Crippen MR) is 104 cm³/mol. The van der Waals surface area contributed by atoms with Gasteiger partial charge >= 0.3 is 0 Å². The standard InChI is InChI=1S/C21H24ClN3O2/c1-2-23(21(27)15-9-10-15)14-19(26)25-13-12-24-11-5-8-18(24)20(25)16-6-3-4-7-17(16)22/h3-8,11,15,20H,2,9-10,12-14H2,1H3/t20-/m0/s1. The molecule has 1 aliphatic carbocycles. The number of fused-ring (bicyclic) bond motifs is 1. The molecule has 2 aliphatic rings. The van der Waals surface area contributed by atoms with Crippen molar-refractivity contribution in [2.75, 3.05) is 19.6 Å². The first kappa shape index (κ1) is 18.1. The molecule has 142 valence electrons. The minimum absolute atomic E-state index is 0.0248. The molecule has 1 atom stereocenters. The van der Waals surface area contributed by atoms with Crippen LogP contribution in [-0.2, 0) is 16.1 Å².